The summed E-state index contributed by atoms with van der Waals surface area (Å²) >= 11 is 0. The SMILES string of the molecule is C[C@H]1C[C@H]2C(=O)OC[C@H](NC(=O)[C@H](Cc3ccccc3)NC(=O)Nc3ccccc3)C(=O)N3CCC[C@H]3C(=O)N3CCCC[C@H]3C(=O)N[C@@H](C)C(=O)N2C1. The van der Waals surface area contributed by atoms with Gasteiger partial charge in [-0.2, -0.15) is 0 Å². The molecule has 2 aromatic carbocycles. The smallest absolute Gasteiger partial charge is 0.328 e. The maximum absolute atomic E-state index is 14.5. The predicted molar refractivity (Wildman–Crippen MR) is 196 cm³/mol. The van der Waals surface area contributed by atoms with Gasteiger partial charge in [0.1, 0.15) is 42.9 Å². The number of hydrogen-bond acceptors (Lipinski definition) is 8. The first-order valence-electron chi connectivity index (χ1n) is 18.9. The van der Waals surface area contributed by atoms with Gasteiger partial charge in [0.2, 0.25) is 29.5 Å². The largest absolute Gasteiger partial charge is 0.461 e. The molecule has 288 valence electrons. The van der Waals surface area contributed by atoms with Gasteiger partial charge in [-0.05, 0) is 69.1 Å². The van der Waals surface area contributed by atoms with Gasteiger partial charge in [-0.3, -0.25) is 24.0 Å². The number of benzene rings is 2. The lowest BCUT2D eigenvalue weighted by atomic mass is 9.99. The van der Waals surface area contributed by atoms with Crippen LogP contribution in [0.25, 0.3) is 0 Å². The van der Waals surface area contributed by atoms with Crippen LogP contribution in [0.2, 0.25) is 0 Å². The van der Waals surface area contributed by atoms with E-state index in [9.17, 15) is 33.6 Å². The summed E-state index contributed by atoms with van der Waals surface area (Å²) in [5.74, 6) is -3.44. The molecule has 4 saturated heterocycles. The summed E-state index contributed by atoms with van der Waals surface area (Å²) in [5, 5.41) is 11.0. The highest BCUT2D eigenvalue weighted by molar-refractivity contribution is 5.98. The van der Waals surface area contributed by atoms with Crippen LogP contribution in [0.15, 0.2) is 60.7 Å². The summed E-state index contributed by atoms with van der Waals surface area (Å²) in [7, 11) is 0. The zero-order valence-electron chi connectivity index (χ0n) is 30.7. The Balaban J connectivity index is 1.30. The van der Waals surface area contributed by atoms with Crippen molar-refractivity contribution >= 4 is 47.2 Å². The lowest BCUT2D eigenvalue weighted by Crippen LogP contribution is -2.62. The summed E-state index contributed by atoms with van der Waals surface area (Å²) in [6.07, 6.45) is 3.04. The molecule has 0 radical (unpaired) electrons. The number of amides is 7. The predicted octanol–water partition coefficient (Wildman–Crippen LogP) is 1.57. The molecule has 0 aromatic heterocycles. The first-order chi connectivity index (χ1) is 26.0. The van der Waals surface area contributed by atoms with Gasteiger partial charge in [-0.25, -0.2) is 9.59 Å². The number of nitrogens with zero attached hydrogens (tertiary/aromatic N) is 3. The number of rotatable bonds is 6. The monoisotopic (exact) mass is 743 g/mol. The van der Waals surface area contributed by atoms with E-state index in [0.29, 0.717) is 50.8 Å². The second-order valence-corrected chi connectivity index (χ2v) is 14.7. The molecule has 4 fully saturated rings. The Morgan fingerprint density at radius 3 is 2.20 bits per heavy atom. The Bertz CT molecular complexity index is 1730. The number of ether oxygens (including phenoxy) is 1. The fraction of sp³-hybridized carbons (Fsp3) is 0.513. The maximum Gasteiger partial charge on any atom is 0.328 e. The minimum absolute atomic E-state index is 0.0442. The fourth-order valence-corrected chi connectivity index (χ4v) is 7.89. The molecule has 4 N–H and O–H groups in total. The third kappa shape index (κ3) is 8.83. The van der Waals surface area contributed by atoms with Crippen LogP contribution >= 0.6 is 0 Å². The number of hydrogen-bond donors (Lipinski definition) is 4. The van der Waals surface area contributed by atoms with Crippen molar-refractivity contribution in [1.29, 1.82) is 0 Å². The Morgan fingerprint density at radius 1 is 0.796 bits per heavy atom. The molecule has 15 heteroatoms. The normalized spacial score (nSPS) is 27.2. The highest BCUT2D eigenvalue weighted by Gasteiger charge is 2.46. The topological polar surface area (TPSA) is 187 Å². The van der Waals surface area contributed by atoms with Crippen molar-refractivity contribution in [3.63, 3.8) is 0 Å². The van der Waals surface area contributed by atoms with E-state index in [2.05, 4.69) is 21.3 Å². The second kappa shape index (κ2) is 17.1. The zero-order valence-corrected chi connectivity index (χ0v) is 30.7. The number of anilines is 1. The van der Waals surface area contributed by atoms with E-state index in [0.717, 1.165) is 5.56 Å². The fourth-order valence-electron chi connectivity index (χ4n) is 7.89. The summed E-state index contributed by atoms with van der Waals surface area (Å²) in [4.78, 5) is 101. The van der Waals surface area contributed by atoms with Crippen LogP contribution in [-0.2, 0) is 39.9 Å². The van der Waals surface area contributed by atoms with Gasteiger partial charge >= 0.3 is 12.0 Å². The highest BCUT2D eigenvalue weighted by atomic mass is 16.5. The van der Waals surface area contributed by atoms with Gasteiger partial charge in [-0.15, -0.1) is 0 Å². The van der Waals surface area contributed by atoms with E-state index < -0.39 is 78.5 Å². The molecule has 0 bridgehead atoms. The van der Waals surface area contributed by atoms with Crippen molar-refractivity contribution in [2.75, 3.05) is 31.6 Å². The Kier molecular flexibility index (Phi) is 12.1. The van der Waals surface area contributed by atoms with Crippen molar-refractivity contribution in [3.05, 3.63) is 66.2 Å². The number of fused-ring (bicyclic) bond motifs is 3. The molecular weight excluding hydrogens is 694 g/mol. The number of cyclic esters (lactones) is 1. The molecule has 4 aliphatic heterocycles. The van der Waals surface area contributed by atoms with Crippen molar-refractivity contribution in [1.82, 2.24) is 30.7 Å². The number of carbonyl (C=O) groups excluding carboxylic acids is 7. The minimum atomic E-state index is -1.43. The van der Waals surface area contributed by atoms with Gasteiger partial charge in [-0.1, -0.05) is 55.5 Å². The van der Waals surface area contributed by atoms with Crippen LogP contribution < -0.4 is 21.3 Å². The highest BCUT2D eigenvalue weighted by Crippen LogP contribution is 2.28. The average molecular weight is 744 g/mol. The molecule has 0 spiro atoms. The van der Waals surface area contributed by atoms with Crippen LogP contribution in [0.4, 0.5) is 10.5 Å². The Hall–Kier alpha value is -5.47. The van der Waals surface area contributed by atoms with Gasteiger partial charge in [0.05, 0.1) is 0 Å². The molecule has 0 unspecified atom stereocenters. The third-order valence-corrected chi connectivity index (χ3v) is 10.6. The van der Waals surface area contributed by atoms with Gasteiger partial charge < -0.3 is 40.7 Å². The number of para-hydroxylation sites is 1. The first kappa shape index (κ1) is 38.3. The number of urea groups is 1. The van der Waals surface area contributed by atoms with Crippen LogP contribution in [0.5, 0.6) is 0 Å². The molecule has 7 atom stereocenters. The van der Waals surface area contributed by atoms with Gasteiger partial charge in [0.15, 0.2) is 0 Å². The summed E-state index contributed by atoms with van der Waals surface area (Å²) in [6.45, 7) is 3.69. The standard InChI is InChI=1S/C39H49N7O8/c1-24-20-32-38(52)54-23-29(42-33(47)28(21-26-12-5-3-6-13-26)43-39(53)41-27-14-7-4-8-15-27)36(50)45-19-11-17-31(45)37(51)44-18-10-9-16-30(44)34(48)40-25(2)35(49)46(32)22-24/h3-8,12-15,24-25,28-32H,9-11,16-23H2,1-2H3,(H,40,48)(H,42,47)(H2,41,43,53)/t24-,25-,28-,29-,30-,31-,32-/m0/s1. The molecule has 15 nitrogen and oxygen atoms in total. The average Bonchev–Trinajstić information content (AvgIpc) is 3.83. The Labute approximate surface area is 314 Å². The van der Waals surface area contributed by atoms with E-state index in [1.165, 1.54) is 14.7 Å². The summed E-state index contributed by atoms with van der Waals surface area (Å²) in [5.41, 5.74) is 1.25. The van der Waals surface area contributed by atoms with E-state index in [-0.39, 0.29) is 31.3 Å². The first-order valence-corrected chi connectivity index (χ1v) is 18.9. The van der Waals surface area contributed by atoms with Gasteiger partial charge in [0.25, 0.3) is 0 Å². The van der Waals surface area contributed by atoms with E-state index >= 15 is 0 Å². The summed E-state index contributed by atoms with van der Waals surface area (Å²) < 4.78 is 5.74. The summed E-state index contributed by atoms with van der Waals surface area (Å²) in [6, 6.07) is 10.9. The molecule has 0 saturated carbocycles. The van der Waals surface area contributed by atoms with Crippen molar-refractivity contribution in [2.24, 2.45) is 5.92 Å². The van der Waals surface area contributed by atoms with Crippen molar-refractivity contribution in [3.8, 4) is 0 Å². The Morgan fingerprint density at radius 2 is 1.46 bits per heavy atom. The maximum atomic E-state index is 14.5. The molecule has 4 heterocycles. The number of nitrogens with one attached hydrogen (secondary N) is 4. The van der Waals surface area contributed by atoms with Crippen LogP contribution in [0.1, 0.15) is 57.9 Å². The van der Waals surface area contributed by atoms with Crippen LogP contribution in [-0.4, -0.2) is 119 Å². The minimum Gasteiger partial charge on any atom is -0.461 e. The molecule has 7 amide bonds. The lowest BCUT2D eigenvalue weighted by molar-refractivity contribution is -0.158. The molecule has 2 aromatic rings. The van der Waals surface area contributed by atoms with Crippen LogP contribution in [0.3, 0.4) is 0 Å². The zero-order chi connectivity index (χ0) is 38.4. The third-order valence-electron chi connectivity index (χ3n) is 10.6. The van der Waals surface area contributed by atoms with Crippen molar-refractivity contribution in [2.45, 2.75) is 95.0 Å². The molecule has 0 aliphatic carbocycles. The number of esters is 1. The van der Waals surface area contributed by atoms with Gasteiger partial charge in [0, 0.05) is 31.7 Å². The van der Waals surface area contributed by atoms with E-state index in [1.54, 1.807) is 61.5 Å². The molecular formula is C39H49N7O8. The second-order valence-electron chi connectivity index (χ2n) is 14.7. The molecule has 4 aliphatic rings. The number of piperidine rings is 1. The molecule has 6 rings (SSSR count). The van der Waals surface area contributed by atoms with E-state index in [1.807, 2.05) is 13.0 Å². The van der Waals surface area contributed by atoms with Crippen LogP contribution in [0, 0.1) is 5.92 Å². The number of carbonyl (C=O) groups is 7. The van der Waals surface area contributed by atoms with Crippen molar-refractivity contribution < 1.29 is 38.3 Å². The lowest BCUT2D eigenvalue weighted by Gasteiger charge is -2.39. The molecule has 54 heavy (non-hydrogen) atoms. The quantitative estimate of drug-likeness (QED) is 0.321. The van der Waals surface area contributed by atoms with E-state index in [4.69, 9.17) is 4.74 Å².